The Morgan fingerprint density at radius 3 is 2.74 bits per heavy atom. The van der Waals surface area contributed by atoms with Gasteiger partial charge in [0.1, 0.15) is 11.3 Å². The molecule has 1 aromatic carbocycles. The van der Waals surface area contributed by atoms with Crippen LogP contribution < -0.4 is 0 Å². The largest absolute Gasteiger partial charge is 0.384 e. The van der Waals surface area contributed by atoms with Crippen molar-refractivity contribution in [3.05, 3.63) is 54.5 Å². The van der Waals surface area contributed by atoms with Crippen LogP contribution >= 0.6 is 0 Å². The average molecular weight is 253 g/mol. The standard InChI is InChI=1S/C15H15N3O/c1-19-11-9-14-17-13-8-5-10-16-15(13)18(14)12-6-3-2-4-7-12/h2-8,10H,9,11H2,1H3. The van der Waals surface area contributed by atoms with Crippen molar-refractivity contribution in [2.45, 2.75) is 6.42 Å². The van der Waals surface area contributed by atoms with Gasteiger partial charge in [-0.15, -0.1) is 0 Å². The lowest BCUT2D eigenvalue weighted by Gasteiger charge is -2.08. The summed E-state index contributed by atoms with van der Waals surface area (Å²) in [6.07, 6.45) is 2.56. The number of methoxy groups -OCH3 is 1. The molecular formula is C15H15N3O. The summed E-state index contributed by atoms with van der Waals surface area (Å²) in [6.45, 7) is 0.649. The molecular weight excluding hydrogens is 238 g/mol. The van der Waals surface area contributed by atoms with Gasteiger partial charge >= 0.3 is 0 Å². The zero-order chi connectivity index (χ0) is 13.1. The van der Waals surface area contributed by atoms with Crippen LogP contribution in [0.1, 0.15) is 5.82 Å². The number of hydrogen-bond acceptors (Lipinski definition) is 3. The van der Waals surface area contributed by atoms with Crippen LogP contribution in [0.2, 0.25) is 0 Å². The molecule has 0 N–H and O–H groups in total. The molecule has 0 aliphatic carbocycles. The van der Waals surface area contributed by atoms with Gasteiger partial charge in [-0.2, -0.15) is 0 Å². The third-order valence-electron chi connectivity index (χ3n) is 3.03. The van der Waals surface area contributed by atoms with E-state index in [2.05, 4.69) is 26.7 Å². The summed E-state index contributed by atoms with van der Waals surface area (Å²) in [6, 6.07) is 14.1. The van der Waals surface area contributed by atoms with Gasteiger partial charge in [-0.1, -0.05) is 18.2 Å². The molecule has 3 aromatic rings. The van der Waals surface area contributed by atoms with Crippen molar-refractivity contribution in [3.8, 4) is 5.69 Å². The van der Waals surface area contributed by atoms with Crippen LogP contribution in [0.3, 0.4) is 0 Å². The van der Waals surface area contributed by atoms with Crippen LogP contribution in [0.4, 0.5) is 0 Å². The molecule has 96 valence electrons. The number of ether oxygens (including phenoxy) is 1. The van der Waals surface area contributed by atoms with Crippen molar-refractivity contribution in [1.29, 1.82) is 0 Å². The minimum atomic E-state index is 0.649. The van der Waals surface area contributed by atoms with E-state index in [-0.39, 0.29) is 0 Å². The highest BCUT2D eigenvalue weighted by molar-refractivity contribution is 5.73. The number of imidazole rings is 1. The molecule has 0 aliphatic heterocycles. The van der Waals surface area contributed by atoms with Gasteiger partial charge in [-0.05, 0) is 24.3 Å². The van der Waals surface area contributed by atoms with Gasteiger partial charge in [0.05, 0.1) is 6.61 Å². The highest BCUT2D eigenvalue weighted by Crippen LogP contribution is 2.19. The summed E-state index contributed by atoms with van der Waals surface area (Å²) >= 11 is 0. The lowest BCUT2D eigenvalue weighted by atomic mass is 10.3. The van der Waals surface area contributed by atoms with Crippen molar-refractivity contribution < 1.29 is 4.74 Å². The van der Waals surface area contributed by atoms with E-state index in [0.717, 1.165) is 29.1 Å². The second kappa shape index (κ2) is 5.20. The van der Waals surface area contributed by atoms with E-state index < -0.39 is 0 Å². The molecule has 2 heterocycles. The van der Waals surface area contributed by atoms with Crippen molar-refractivity contribution in [2.24, 2.45) is 0 Å². The van der Waals surface area contributed by atoms with Gasteiger partial charge in [0, 0.05) is 25.4 Å². The quantitative estimate of drug-likeness (QED) is 0.717. The molecule has 0 saturated carbocycles. The maximum Gasteiger partial charge on any atom is 0.164 e. The summed E-state index contributed by atoms with van der Waals surface area (Å²) < 4.78 is 7.25. The van der Waals surface area contributed by atoms with Crippen LogP contribution in [0.15, 0.2) is 48.7 Å². The van der Waals surface area contributed by atoms with Gasteiger partial charge in [0.25, 0.3) is 0 Å². The molecule has 4 nitrogen and oxygen atoms in total. The zero-order valence-electron chi connectivity index (χ0n) is 10.8. The van der Waals surface area contributed by atoms with Crippen LogP contribution in [0, 0.1) is 0 Å². The third kappa shape index (κ3) is 2.22. The fraction of sp³-hybridized carbons (Fsp3) is 0.200. The highest BCUT2D eigenvalue weighted by Gasteiger charge is 2.12. The molecule has 0 fully saturated rings. The number of hydrogen-bond donors (Lipinski definition) is 0. The predicted octanol–water partition coefficient (Wildman–Crippen LogP) is 2.61. The summed E-state index contributed by atoms with van der Waals surface area (Å²) in [7, 11) is 1.70. The third-order valence-corrected chi connectivity index (χ3v) is 3.03. The first-order valence-corrected chi connectivity index (χ1v) is 6.27. The van der Waals surface area contributed by atoms with Gasteiger partial charge in [-0.3, -0.25) is 4.57 Å². The van der Waals surface area contributed by atoms with Crippen LogP contribution in [-0.2, 0) is 11.2 Å². The molecule has 0 spiro atoms. The lowest BCUT2D eigenvalue weighted by Crippen LogP contribution is -2.05. The molecule has 3 rings (SSSR count). The number of fused-ring (bicyclic) bond motifs is 1. The Labute approximate surface area is 111 Å². The molecule has 0 atom stereocenters. The second-order valence-corrected chi connectivity index (χ2v) is 4.29. The predicted molar refractivity (Wildman–Crippen MR) is 74.4 cm³/mol. The molecule has 0 unspecified atom stereocenters. The van der Waals surface area contributed by atoms with Gasteiger partial charge in [-0.25, -0.2) is 9.97 Å². The summed E-state index contributed by atoms with van der Waals surface area (Å²) in [5, 5.41) is 0. The molecule has 4 heteroatoms. The molecule has 0 amide bonds. The van der Waals surface area contributed by atoms with E-state index in [1.165, 1.54) is 0 Å². The van der Waals surface area contributed by atoms with E-state index in [0.29, 0.717) is 6.61 Å². The Morgan fingerprint density at radius 2 is 1.95 bits per heavy atom. The number of pyridine rings is 1. The monoisotopic (exact) mass is 253 g/mol. The van der Waals surface area contributed by atoms with Gasteiger partial charge < -0.3 is 4.74 Å². The van der Waals surface area contributed by atoms with E-state index in [4.69, 9.17) is 4.74 Å². The number of aromatic nitrogens is 3. The molecule has 19 heavy (non-hydrogen) atoms. The lowest BCUT2D eigenvalue weighted by molar-refractivity contribution is 0.200. The summed E-state index contributed by atoms with van der Waals surface area (Å²) in [5.74, 6) is 0.974. The summed E-state index contributed by atoms with van der Waals surface area (Å²) in [4.78, 5) is 9.09. The Balaban J connectivity index is 2.19. The Kier molecular flexibility index (Phi) is 3.25. The van der Waals surface area contributed by atoms with E-state index in [1.807, 2.05) is 30.3 Å². The Hall–Kier alpha value is -2.20. The molecule has 0 saturated heterocycles. The Morgan fingerprint density at radius 1 is 1.11 bits per heavy atom. The van der Waals surface area contributed by atoms with Crippen LogP contribution in [0.25, 0.3) is 16.9 Å². The summed E-state index contributed by atoms with van der Waals surface area (Å²) in [5.41, 5.74) is 2.88. The number of benzene rings is 1. The minimum absolute atomic E-state index is 0.649. The normalized spacial score (nSPS) is 11.0. The van der Waals surface area contributed by atoms with Gasteiger partial charge in [0.15, 0.2) is 5.65 Å². The first-order chi connectivity index (χ1) is 9.40. The molecule has 0 radical (unpaired) electrons. The SMILES string of the molecule is COCCc1nc2cccnc2n1-c1ccccc1. The van der Waals surface area contributed by atoms with E-state index in [1.54, 1.807) is 13.3 Å². The van der Waals surface area contributed by atoms with Crippen molar-refractivity contribution >= 4 is 11.2 Å². The fourth-order valence-corrected chi connectivity index (χ4v) is 2.17. The fourth-order valence-electron chi connectivity index (χ4n) is 2.17. The van der Waals surface area contributed by atoms with Crippen molar-refractivity contribution in [3.63, 3.8) is 0 Å². The molecule has 0 aliphatic rings. The van der Waals surface area contributed by atoms with E-state index in [9.17, 15) is 0 Å². The zero-order valence-corrected chi connectivity index (χ0v) is 10.8. The topological polar surface area (TPSA) is 39.9 Å². The first kappa shape index (κ1) is 11.9. The number of nitrogens with zero attached hydrogens (tertiary/aromatic N) is 3. The van der Waals surface area contributed by atoms with Crippen molar-refractivity contribution in [1.82, 2.24) is 14.5 Å². The number of para-hydroxylation sites is 1. The van der Waals surface area contributed by atoms with Gasteiger partial charge in [0.2, 0.25) is 0 Å². The van der Waals surface area contributed by atoms with Crippen molar-refractivity contribution in [2.75, 3.05) is 13.7 Å². The Bertz CT molecular complexity index is 676. The maximum atomic E-state index is 5.16. The first-order valence-electron chi connectivity index (χ1n) is 6.27. The molecule has 0 bridgehead atoms. The van der Waals surface area contributed by atoms with Crippen LogP contribution in [-0.4, -0.2) is 28.3 Å². The smallest absolute Gasteiger partial charge is 0.164 e. The molecule has 2 aromatic heterocycles. The second-order valence-electron chi connectivity index (χ2n) is 4.29. The number of rotatable bonds is 4. The minimum Gasteiger partial charge on any atom is -0.384 e. The highest BCUT2D eigenvalue weighted by atomic mass is 16.5. The van der Waals surface area contributed by atoms with E-state index >= 15 is 0 Å². The van der Waals surface area contributed by atoms with Crippen LogP contribution in [0.5, 0.6) is 0 Å². The average Bonchev–Trinajstić information content (AvgIpc) is 2.84. The maximum absolute atomic E-state index is 5.16.